The molecule has 1 heterocycles. The molecule has 0 saturated heterocycles. The molecule has 6 heteroatoms. The summed E-state index contributed by atoms with van der Waals surface area (Å²) in [6, 6.07) is 0. The molecule has 15 heavy (non-hydrogen) atoms. The lowest BCUT2D eigenvalue weighted by molar-refractivity contribution is 0.111. The Bertz CT molecular complexity index is 381. The highest BCUT2D eigenvalue weighted by Gasteiger charge is 2.30. The summed E-state index contributed by atoms with van der Waals surface area (Å²) in [5, 5.41) is 10.9. The number of hydrogen-bond donors (Lipinski definition) is 1. The summed E-state index contributed by atoms with van der Waals surface area (Å²) in [5.74, 6) is 0. The van der Waals surface area contributed by atoms with Crippen LogP contribution in [0.3, 0.4) is 0 Å². The molecule has 0 atom stereocenters. The third-order valence-electron chi connectivity index (χ3n) is 1.68. The predicted molar refractivity (Wildman–Crippen MR) is 57.8 cm³/mol. The third-order valence-corrected chi connectivity index (χ3v) is 2.53. The maximum absolute atomic E-state index is 11.0. The summed E-state index contributed by atoms with van der Waals surface area (Å²) in [6.45, 7) is 5.30. The number of carbonyl (C=O) groups excluding carboxylic acids is 1. The van der Waals surface area contributed by atoms with E-state index in [2.05, 4.69) is 4.98 Å². The minimum absolute atomic E-state index is 0.255. The average Bonchev–Trinajstić information content (AvgIpc) is 2.49. The molecule has 5 nitrogen and oxygen atoms in total. The van der Waals surface area contributed by atoms with Crippen LogP contribution in [0, 0.1) is 0 Å². The number of rotatable bonds is 2. The molecule has 1 aromatic rings. The zero-order chi connectivity index (χ0) is 11.6. The van der Waals surface area contributed by atoms with E-state index in [-0.39, 0.29) is 5.69 Å². The van der Waals surface area contributed by atoms with Crippen molar-refractivity contribution in [2.75, 3.05) is 4.90 Å². The number of hydrogen-bond acceptors (Lipinski definition) is 4. The maximum atomic E-state index is 11.0. The fourth-order valence-electron chi connectivity index (χ4n) is 1.09. The largest absolute Gasteiger partial charge is 0.465 e. The molecule has 1 rings (SSSR count). The molecular weight excluding hydrogens is 216 g/mol. The Labute approximate surface area is 91.4 Å². The normalized spacial score (nSPS) is 11.1. The molecular formula is C9H12N2O3S. The van der Waals surface area contributed by atoms with Gasteiger partial charge in [0.2, 0.25) is 0 Å². The number of amides is 1. The van der Waals surface area contributed by atoms with Crippen molar-refractivity contribution in [2.24, 2.45) is 0 Å². The smallest absolute Gasteiger partial charge is 0.414 e. The van der Waals surface area contributed by atoms with Gasteiger partial charge in [-0.15, -0.1) is 11.3 Å². The standard InChI is InChI=1S/C9H12N2O3S/c1-9(2,3)11(8(13)14)7-10-6(4-12)5-15-7/h4-5H,1-3H3,(H,13,14). The second-order valence-corrected chi connectivity index (χ2v) is 4.80. The van der Waals surface area contributed by atoms with Crippen molar-refractivity contribution in [1.82, 2.24) is 4.98 Å². The van der Waals surface area contributed by atoms with Gasteiger partial charge in [-0.1, -0.05) is 0 Å². The Balaban J connectivity index is 3.10. The van der Waals surface area contributed by atoms with E-state index in [1.165, 1.54) is 5.38 Å². The van der Waals surface area contributed by atoms with Crippen molar-refractivity contribution >= 4 is 28.8 Å². The lowest BCUT2D eigenvalue weighted by Gasteiger charge is -2.30. The minimum Gasteiger partial charge on any atom is -0.465 e. The van der Waals surface area contributed by atoms with Gasteiger partial charge in [0, 0.05) is 10.9 Å². The first-order chi connectivity index (χ1) is 6.86. The summed E-state index contributed by atoms with van der Waals surface area (Å²) in [6.07, 6.45) is -0.475. The van der Waals surface area contributed by atoms with E-state index in [0.717, 1.165) is 16.2 Å². The van der Waals surface area contributed by atoms with Crippen molar-refractivity contribution in [3.63, 3.8) is 0 Å². The molecule has 0 radical (unpaired) electrons. The van der Waals surface area contributed by atoms with Gasteiger partial charge in [-0.25, -0.2) is 14.7 Å². The Morgan fingerprint density at radius 1 is 1.60 bits per heavy atom. The van der Waals surface area contributed by atoms with Crippen LogP contribution in [0.2, 0.25) is 0 Å². The molecule has 0 bridgehead atoms. The van der Waals surface area contributed by atoms with Crippen molar-refractivity contribution in [3.8, 4) is 0 Å². The van der Waals surface area contributed by atoms with E-state index in [4.69, 9.17) is 5.11 Å². The fraction of sp³-hybridized carbons (Fsp3) is 0.444. The Morgan fingerprint density at radius 2 is 2.20 bits per heavy atom. The molecule has 0 saturated carbocycles. The maximum Gasteiger partial charge on any atom is 0.414 e. The van der Waals surface area contributed by atoms with Gasteiger partial charge in [0.15, 0.2) is 11.4 Å². The van der Waals surface area contributed by atoms with E-state index in [0.29, 0.717) is 11.4 Å². The van der Waals surface area contributed by atoms with Crippen LogP contribution in [0.15, 0.2) is 5.38 Å². The first-order valence-electron chi connectivity index (χ1n) is 4.30. The molecule has 0 aliphatic heterocycles. The molecule has 1 amide bonds. The van der Waals surface area contributed by atoms with Gasteiger partial charge in [0.1, 0.15) is 5.69 Å². The molecule has 82 valence electrons. The summed E-state index contributed by atoms with van der Waals surface area (Å²) >= 11 is 1.14. The summed E-state index contributed by atoms with van der Waals surface area (Å²) in [5.41, 5.74) is -0.324. The van der Waals surface area contributed by atoms with Crippen LogP contribution in [0.5, 0.6) is 0 Å². The van der Waals surface area contributed by atoms with Crippen molar-refractivity contribution in [1.29, 1.82) is 0 Å². The lowest BCUT2D eigenvalue weighted by Crippen LogP contribution is -2.45. The van der Waals surface area contributed by atoms with E-state index in [9.17, 15) is 9.59 Å². The number of nitrogens with zero attached hydrogens (tertiary/aromatic N) is 2. The highest BCUT2D eigenvalue weighted by atomic mass is 32.1. The minimum atomic E-state index is -1.07. The number of aldehydes is 1. The first-order valence-corrected chi connectivity index (χ1v) is 5.18. The number of carboxylic acid groups (broad SMARTS) is 1. The zero-order valence-electron chi connectivity index (χ0n) is 8.72. The molecule has 1 N–H and O–H groups in total. The quantitative estimate of drug-likeness (QED) is 0.788. The number of thiazole rings is 1. The Kier molecular flexibility index (Phi) is 3.09. The van der Waals surface area contributed by atoms with Crippen LogP contribution in [-0.2, 0) is 0 Å². The fourth-order valence-corrected chi connectivity index (χ4v) is 2.04. The lowest BCUT2D eigenvalue weighted by atomic mass is 10.1. The van der Waals surface area contributed by atoms with Crippen LogP contribution < -0.4 is 4.90 Å². The van der Waals surface area contributed by atoms with Crippen LogP contribution in [-0.4, -0.2) is 28.0 Å². The van der Waals surface area contributed by atoms with E-state index in [1.54, 1.807) is 20.8 Å². The first kappa shape index (κ1) is 11.6. The van der Waals surface area contributed by atoms with E-state index >= 15 is 0 Å². The highest BCUT2D eigenvalue weighted by Crippen LogP contribution is 2.26. The van der Waals surface area contributed by atoms with Crippen molar-refractivity contribution in [2.45, 2.75) is 26.3 Å². The number of aromatic nitrogens is 1. The monoisotopic (exact) mass is 228 g/mol. The van der Waals surface area contributed by atoms with Crippen LogP contribution in [0.25, 0.3) is 0 Å². The van der Waals surface area contributed by atoms with Crippen molar-refractivity contribution < 1.29 is 14.7 Å². The molecule has 0 fully saturated rings. The highest BCUT2D eigenvalue weighted by molar-refractivity contribution is 7.14. The van der Waals surface area contributed by atoms with Gasteiger partial charge in [0.25, 0.3) is 0 Å². The number of anilines is 1. The topological polar surface area (TPSA) is 70.5 Å². The predicted octanol–water partition coefficient (Wildman–Crippen LogP) is 2.24. The molecule has 0 unspecified atom stereocenters. The third kappa shape index (κ3) is 2.53. The Hall–Kier alpha value is -1.43. The molecule has 0 spiro atoms. The average molecular weight is 228 g/mol. The van der Waals surface area contributed by atoms with Crippen molar-refractivity contribution in [3.05, 3.63) is 11.1 Å². The molecule has 0 aromatic carbocycles. The van der Waals surface area contributed by atoms with Crippen LogP contribution >= 0.6 is 11.3 Å². The van der Waals surface area contributed by atoms with Crippen LogP contribution in [0.1, 0.15) is 31.3 Å². The van der Waals surface area contributed by atoms with Crippen LogP contribution in [0.4, 0.5) is 9.93 Å². The second kappa shape index (κ2) is 3.98. The summed E-state index contributed by atoms with van der Waals surface area (Å²) < 4.78 is 0. The summed E-state index contributed by atoms with van der Waals surface area (Å²) in [7, 11) is 0. The van der Waals surface area contributed by atoms with Gasteiger partial charge in [-0.2, -0.15) is 0 Å². The van der Waals surface area contributed by atoms with Gasteiger partial charge < -0.3 is 5.11 Å². The summed E-state index contributed by atoms with van der Waals surface area (Å²) in [4.78, 5) is 26.5. The van der Waals surface area contributed by atoms with E-state index in [1.807, 2.05) is 0 Å². The van der Waals surface area contributed by atoms with Gasteiger partial charge in [-0.05, 0) is 20.8 Å². The van der Waals surface area contributed by atoms with E-state index < -0.39 is 11.6 Å². The SMILES string of the molecule is CC(C)(C)N(C(=O)O)c1nc(C=O)cs1. The van der Waals surface area contributed by atoms with Gasteiger partial charge in [0.05, 0.1) is 0 Å². The molecule has 0 aliphatic carbocycles. The van der Waals surface area contributed by atoms with Gasteiger partial charge in [-0.3, -0.25) is 4.79 Å². The van der Waals surface area contributed by atoms with Gasteiger partial charge >= 0.3 is 6.09 Å². The zero-order valence-corrected chi connectivity index (χ0v) is 9.54. The number of carbonyl (C=O) groups is 2. The Morgan fingerprint density at radius 3 is 2.53 bits per heavy atom. The molecule has 0 aliphatic rings. The second-order valence-electron chi connectivity index (χ2n) is 3.96. The molecule has 1 aromatic heterocycles.